The van der Waals surface area contributed by atoms with Gasteiger partial charge in [-0.15, -0.1) is 0 Å². The molecule has 5 nitrogen and oxygen atoms in total. The lowest BCUT2D eigenvalue weighted by molar-refractivity contribution is 0.196. The van der Waals surface area contributed by atoms with Crippen LogP contribution < -0.4 is 10.3 Å². The Kier molecular flexibility index (Phi) is 5.09. The van der Waals surface area contributed by atoms with Gasteiger partial charge < -0.3 is 9.72 Å². The quantitative estimate of drug-likeness (QED) is 0.748. The molecule has 0 aliphatic carbocycles. The molecule has 0 amide bonds. The van der Waals surface area contributed by atoms with Crippen LogP contribution in [0.4, 0.5) is 4.39 Å². The smallest absolute Gasteiger partial charge is 0.258 e. The van der Waals surface area contributed by atoms with Gasteiger partial charge in [0.15, 0.2) is 0 Å². The molecule has 1 aromatic heterocycles. The number of H-pyrrole nitrogens is 1. The molecule has 1 unspecified atom stereocenters. The molecule has 3 rings (SSSR count). The topological polar surface area (TPSA) is 58.2 Å². The summed E-state index contributed by atoms with van der Waals surface area (Å²) in [5.74, 6) is 0.956. The van der Waals surface area contributed by atoms with Crippen molar-refractivity contribution in [3.63, 3.8) is 0 Å². The zero-order valence-electron chi connectivity index (χ0n) is 14.2. The standard InChI is InChI=1S/C19H20FN3O2/c1-13(18-21-17-6-4-3-5-16(17)19(24)22-18)23(2)11-12-25-15-9-7-14(20)8-10-15/h3-10,13H,11-12H2,1-2H3,(H,21,22,24). The average Bonchev–Trinajstić information content (AvgIpc) is 2.62. The van der Waals surface area contributed by atoms with Gasteiger partial charge in [0.05, 0.1) is 16.9 Å². The summed E-state index contributed by atoms with van der Waals surface area (Å²) in [6.07, 6.45) is 0. The van der Waals surface area contributed by atoms with Crippen molar-refractivity contribution in [1.29, 1.82) is 0 Å². The van der Waals surface area contributed by atoms with Crippen LogP contribution in [0.2, 0.25) is 0 Å². The maximum absolute atomic E-state index is 12.9. The fourth-order valence-corrected chi connectivity index (χ4v) is 2.54. The first-order valence-electron chi connectivity index (χ1n) is 8.12. The van der Waals surface area contributed by atoms with Crippen LogP contribution in [0.5, 0.6) is 5.75 Å². The third-order valence-electron chi connectivity index (χ3n) is 4.21. The largest absolute Gasteiger partial charge is 0.492 e. The maximum Gasteiger partial charge on any atom is 0.258 e. The molecular weight excluding hydrogens is 321 g/mol. The number of halogens is 1. The minimum atomic E-state index is -0.288. The fraction of sp³-hybridized carbons (Fsp3) is 0.263. The normalized spacial score (nSPS) is 12.5. The summed E-state index contributed by atoms with van der Waals surface area (Å²) >= 11 is 0. The van der Waals surface area contributed by atoms with Gasteiger partial charge >= 0.3 is 0 Å². The number of rotatable bonds is 6. The van der Waals surface area contributed by atoms with Gasteiger partial charge in [-0.05, 0) is 50.4 Å². The van der Waals surface area contributed by atoms with Crippen LogP contribution in [0.3, 0.4) is 0 Å². The Labute approximate surface area is 145 Å². The van der Waals surface area contributed by atoms with Crippen LogP contribution in [0, 0.1) is 5.82 Å². The Morgan fingerprint density at radius 3 is 2.68 bits per heavy atom. The molecule has 0 saturated heterocycles. The Morgan fingerprint density at radius 1 is 1.20 bits per heavy atom. The van der Waals surface area contributed by atoms with E-state index in [0.29, 0.717) is 35.6 Å². The van der Waals surface area contributed by atoms with Crippen molar-refractivity contribution >= 4 is 10.9 Å². The number of hydrogen-bond donors (Lipinski definition) is 1. The molecule has 2 aromatic carbocycles. The highest BCUT2D eigenvalue weighted by molar-refractivity contribution is 5.77. The molecule has 3 aromatic rings. The van der Waals surface area contributed by atoms with Gasteiger partial charge in [-0.1, -0.05) is 12.1 Å². The van der Waals surface area contributed by atoms with Crippen LogP contribution >= 0.6 is 0 Å². The monoisotopic (exact) mass is 341 g/mol. The molecule has 1 N–H and O–H groups in total. The van der Waals surface area contributed by atoms with Gasteiger partial charge in [0, 0.05) is 6.54 Å². The number of fused-ring (bicyclic) bond motifs is 1. The highest BCUT2D eigenvalue weighted by Crippen LogP contribution is 2.16. The highest BCUT2D eigenvalue weighted by atomic mass is 19.1. The van der Waals surface area contributed by atoms with Crippen LogP contribution in [-0.2, 0) is 0 Å². The third-order valence-corrected chi connectivity index (χ3v) is 4.21. The number of ether oxygens (including phenoxy) is 1. The summed E-state index contributed by atoms with van der Waals surface area (Å²) in [6, 6.07) is 13.1. The number of para-hydroxylation sites is 1. The molecule has 0 saturated carbocycles. The molecule has 1 atom stereocenters. The van der Waals surface area contributed by atoms with Crippen molar-refractivity contribution < 1.29 is 9.13 Å². The lowest BCUT2D eigenvalue weighted by Crippen LogP contribution is -2.29. The Hall–Kier alpha value is -2.73. The summed E-state index contributed by atoms with van der Waals surface area (Å²) in [5.41, 5.74) is 0.549. The van der Waals surface area contributed by atoms with Crippen LogP contribution in [-0.4, -0.2) is 35.1 Å². The first-order valence-corrected chi connectivity index (χ1v) is 8.12. The van der Waals surface area contributed by atoms with E-state index in [1.807, 2.05) is 37.1 Å². The summed E-state index contributed by atoms with van der Waals surface area (Å²) < 4.78 is 18.5. The number of aromatic amines is 1. The molecule has 6 heteroatoms. The van der Waals surface area contributed by atoms with E-state index in [1.54, 1.807) is 18.2 Å². The van der Waals surface area contributed by atoms with E-state index in [4.69, 9.17) is 4.74 Å². The van der Waals surface area contributed by atoms with Gasteiger partial charge in [0.2, 0.25) is 0 Å². The molecule has 0 bridgehead atoms. The molecule has 25 heavy (non-hydrogen) atoms. The molecule has 1 heterocycles. The second kappa shape index (κ2) is 7.44. The molecule has 0 aliphatic heterocycles. The minimum Gasteiger partial charge on any atom is -0.492 e. The molecular formula is C19H20FN3O2. The van der Waals surface area contributed by atoms with Crippen LogP contribution in [0.25, 0.3) is 10.9 Å². The van der Waals surface area contributed by atoms with Crippen molar-refractivity contribution in [3.8, 4) is 5.75 Å². The predicted octanol–water partition coefficient (Wildman–Crippen LogP) is 3.13. The second-order valence-electron chi connectivity index (χ2n) is 5.93. The summed E-state index contributed by atoms with van der Waals surface area (Å²) in [7, 11) is 1.94. The van der Waals surface area contributed by atoms with Crippen molar-refractivity contribution in [2.24, 2.45) is 0 Å². The van der Waals surface area contributed by atoms with Gasteiger partial charge in [0.25, 0.3) is 5.56 Å². The number of nitrogens with zero attached hydrogens (tertiary/aromatic N) is 2. The lowest BCUT2D eigenvalue weighted by atomic mass is 10.2. The van der Waals surface area contributed by atoms with E-state index in [0.717, 1.165) is 0 Å². The number of benzene rings is 2. The summed E-state index contributed by atoms with van der Waals surface area (Å²) in [6.45, 7) is 3.06. The first kappa shape index (κ1) is 17.1. The Balaban J connectivity index is 1.64. The molecule has 0 radical (unpaired) electrons. The van der Waals surface area contributed by atoms with Crippen molar-refractivity contribution in [2.75, 3.05) is 20.2 Å². The van der Waals surface area contributed by atoms with Gasteiger partial charge in [-0.25, -0.2) is 9.37 Å². The SMILES string of the molecule is CC(c1nc2ccccc2c(=O)[nH]1)N(C)CCOc1ccc(F)cc1. The minimum absolute atomic E-state index is 0.0749. The van der Waals surface area contributed by atoms with E-state index in [2.05, 4.69) is 9.97 Å². The van der Waals surface area contributed by atoms with Crippen molar-refractivity contribution in [1.82, 2.24) is 14.9 Å². The molecule has 0 spiro atoms. The average molecular weight is 341 g/mol. The van der Waals surface area contributed by atoms with Gasteiger partial charge in [-0.3, -0.25) is 9.69 Å². The first-order chi connectivity index (χ1) is 12.0. The lowest BCUT2D eigenvalue weighted by Gasteiger charge is -2.24. The van der Waals surface area contributed by atoms with Gasteiger partial charge in [0.1, 0.15) is 24.0 Å². The van der Waals surface area contributed by atoms with E-state index in [1.165, 1.54) is 12.1 Å². The molecule has 130 valence electrons. The van der Waals surface area contributed by atoms with Crippen molar-refractivity contribution in [3.05, 3.63) is 70.5 Å². The molecule has 0 fully saturated rings. The molecule has 0 aliphatic rings. The number of aromatic nitrogens is 2. The second-order valence-corrected chi connectivity index (χ2v) is 5.93. The fourth-order valence-electron chi connectivity index (χ4n) is 2.54. The van der Waals surface area contributed by atoms with Crippen molar-refractivity contribution in [2.45, 2.75) is 13.0 Å². The maximum atomic E-state index is 12.9. The number of likely N-dealkylation sites (N-methyl/N-ethyl adjacent to an activating group) is 1. The van der Waals surface area contributed by atoms with E-state index >= 15 is 0 Å². The van der Waals surface area contributed by atoms with E-state index in [-0.39, 0.29) is 17.4 Å². The summed E-state index contributed by atoms with van der Waals surface area (Å²) in [5, 5.41) is 0.584. The zero-order chi connectivity index (χ0) is 17.8. The Bertz CT molecular complexity index is 908. The zero-order valence-corrected chi connectivity index (χ0v) is 14.2. The number of hydrogen-bond acceptors (Lipinski definition) is 4. The third kappa shape index (κ3) is 4.03. The highest BCUT2D eigenvalue weighted by Gasteiger charge is 2.15. The predicted molar refractivity (Wildman–Crippen MR) is 95.3 cm³/mol. The van der Waals surface area contributed by atoms with Crippen LogP contribution in [0.1, 0.15) is 18.8 Å². The summed E-state index contributed by atoms with van der Waals surface area (Å²) in [4.78, 5) is 21.6. The van der Waals surface area contributed by atoms with Crippen LogP contribution in [0.15, 0.2) is 53.3 Å². The van der Waals surface area contributed by atoms with Gasteiger partial charge in [-0.2, -0.15) is 0 Å². The van der Waals surface area contributed by atoms with E-state index < -0.39 is 0 Å². The number of nitrogens with one attached hydrogen (secondary N) is 1. The Morgan fingerprint density at radius 2 is 1.92 bits per heavy atom. The van der Waals surface area contributed by atoms with E-state index in [9.17, 15) is 9.18 Å².